The third-order valence-electron chi connectivity index (χ3n) is 4.09. The predicted molar refractivity (Wildman–Crippen MR) is 79.7 cm³/mol. The first-order valence-corrected chi connectivity index (χ1v) is 7.18. The lowest BCUT2D eigenvalue weighted by molar-refractivity contribution is 0.0723. The quantitative estimate of drug-likeness (QED) is 0.821. The SMILES string of the molecule is CCC(C)N(CC)C(C)(CN)Cc1ccc(F)cc1. The highest BCUT2D eigenvalue weighted by molar-refractivity contribution is 5.19. The standard InChI is InChI=1S/C16H27FN2/c1-5-13(3)19(6-2)16(4,12-18)11-14-7-9-15(17)10-8-14/h7-10,13H,5-6,11-12,18H2,1-4H3. The Morgan fingerprint density at radius 1 is 1.26 bits per heavy atom. The molecule has 0 aliphatic rings. The van der Waals surface area contributed by atoms with Crippen LogP contribution in [0.4, 0.5) is 4.39 Å². The van der Waals surface area contributed by atoms with Gasteiger partial charge in [0.25, 0.3) is 0 Å². The van der Waals surface area contributed by atoms with Crippen molar-refractivity contribution >= 4 is 0 Å². The minimum atomic E-state index is -0.188. The summed E-state index contributed by atoms with van der Waals surface area (Å²) < 4.78 is 13.0. The van der Waals surface area contributed by atoms with Gasteiger partial charge >= 0.3 is 0 Å². The summed E-state index contributed by atoms with van der Waals surface area (Å²) in [5, 5.41) is 0. The number of nitrogens with two attached hydrogens (primary N) is 1. The van der Waals surface area contributed by atoms with Gasteiger partial charge < -0.3 is 5.73 Å². The zero-order valence-electron chi connectivity index (χ0n) is 12.6. The van der Waals surface area contributed by atoms with E-state index in [1.165, 1.54) is 12.1 Å². The molecule has 3 heteroatoms. The average Bonchev–Trinajstić information content (AvgIpc) is 2.42. The lowest BCUT2D eigenvalue weighted by Crippen LogP contribution is -2.56. The second-order valence-electron chi connectivity index (χ2n) is 5.55. The van der Waals surface area contributed by atoms with Gasteiger partial charge in [0.2, 0.25) is 0 Å². The molecule has 0 heterocycles. The van der Waals surface area contributed by atoms with Gasteiger partial charge in [0.15, 0.2) is 0 Å². The Morgan fingerprint density at radius 3 is 2.26 bits per heavy atom. The highest BCUT2D eigenvalue weighted by Gasteiger charge is 2.32. The van der Waals surface area contributed by atoms with E-state index < -0.39 is 0 Å². The Bertz CT molecular complexity index is 377. The number of rotatable bonds is 7. The molecule has 2 unspecified atom stereocenters. The lowest BCUT2D eigenvalue weighted by Gasteiger charge is -2.44. The largest absolute Gasteiger partial charge is 0.329 e. The number of nitrogens with zero attached hydrogens (tertiary/aromatic N) is 1. The van der Waals surface area contributed by atoms with Crippen molar-refractivity contribution in [1.29, 1.82) is 0 Å². The predicted octanol–water partition coefficient (Wildman–Crippen LogP) is 3.21. The van der Waals surface area contributed by atoms with Crippen molar-refractivity contribution in [1.82, 2.24) is 4.90 Å². The second kappa shape index (κ2) is 7.01. The van der Waals surface area contributed by atoms with E-state index in [4.69, 9.17) is 5.73 Å². The van der Waals surface area contributed by atoms with Gasteiger partial charge in [-0.05, 0) is 50.9 Å². The lowest BCUT2D eigenvalue weighted by atomic mass is 9.89. The Hall–Kier alpha value is -0.930. The molecule has 0 aromatic heterocycles. The molecule has 108 valence electrons. The summed E-state index contributed by atoms with van der Waals surface area (Å²) in [5.41, 5.74) is 7.09. The topological polar surface area (TPSA) is 29.3 Å². The van der Waals surface area contributed by atoms with Crippen molar-refractivity contribution < 1.29 is 4.39 Å². The van der Waals surface area contributed by atoms with Crippen LogP contribution in [0.3, 0.4) is 0 Å². The van der Waals surface area contributed by atoms with Crippen LogP contribution in [0.15, 0.2) is 24.3 Å². The van der Waals surface area contributed by atoms with Gasteiger partial charge in [0, 0.05) is 18.1 Å². The summed E-state index contributed by atoms with van der Waals surface area (Å²) in [6.45, 7) is 10.4. The number of hydrogen-bond donors (Lipinski definition) is 1. The van der Waals surface area contributed by atoms with Crippen molar-refractivity contribution in [3.8, 4) is 0 Å². The Kier molecular flexibility index (Phi) is 5.95. The minimum Gasteiger partial charge on any atom is -0.329 e. The summed E-state index contributed by atoms with van der Waals surface area (Å²) in [5.74, 6) is -0.188. The third-order valence-corrected chi connectivity index (χ3v) is 4.09. The van der Waals surface area contributed by atoms with E-state index in [1.807, 2.05) is 12.1 Å². The van der Waals surface area contributed by atoms with Gasteiger partial charge in [0.05, 0.1) is 0 Å². The van der Waals surface area contributed by atoms with Crippen LogP contribution in [0.25, 0.3) is 0 Å². The molecule has 2 atom stereocenters. The molecule has 0 saturated carbocycles. The molecule has 1 aromatic carbocycles. The fraction of sp³-hybridized carbons (Fsp3) is 0.625. The van der Waals surface area contributed by atoms with Gasteiger partial charge in [0.1, 0.15) is 5.82 Å². The molecular weight excluding hydrogens is 239 g/mol. The summed E-state index contributed by atoms with van der Waals surface area (Å²) in [7, 11) is 0. The molecule has 0 bridgehead atoms. The monoisotopic (exact) mass is 266 g/mol. The summed E-state index contributed by atoms with van der Waals surface area (Å²) in [4.78, 5) is 2.45. The molecule has 0 spiro atoms. The van der Waals surface area contributed by atoms with Crippen molar-refractivity contribution in [2.24, 2.45) is 5.73 Å². The van der Waals surface area contributed by atoms with E-state index in [9.17, 15) is 4.39 Å². The molecule has 1 rings (SSSR count). The number of hydrogen-bond acceptors (Lipinski definition) is 2. The molecule has 0 fully saturated rings. The zero-order chi connectivity index (χ0) is 14.5. The maximum absolute atomic E-state index is 13.0. The molecule has 19 heavy (non-hydrogen) atoms. The Labute approximate surface area is 116 Å². The molecule has 0 saturated heterocycles. The van der Waals surface area contributed by atoms with Crippen LogP contribution in [-0.4, -0.2) is 29.6 Å². The summed E-state index contributed by atoms with van der Waals surface area (Å²) in [6.07, 6.45) is 1.95. The van der Waals surface area contributed by atoms with E-state index in [1.54, 1.807) is 0 Å². The highest BCUT2D eigenvalue weighted by Crippen LogP contribution is 2.23. The van der Waals surface area contributed by atoms with Crippen LogP contribution in [0.2, 0.25) is 0 Å². The van der Waals surface area contributed by atoms with Crippen molar-refractivity contribution in [2.45, 2.75) is 52.1 Å². The number of halogens is 1. The first-order valence-electron chi connectivity index (χ1n) is 7.18. The Balaban J connectivity index is 2.92. The first kappa shape index (κ1) is 16.1. The second-order valence-corrected chi connectivity index (χ2v) is 5.55. The molecule has 1 aromatic rings. The van der Waals surface area contributed by atoms with Crippen molar-refractivity contribution in [3.63, 3.8) is 0 Å². The molecule has 0 radical (unpaired) electrons. The molecule has 0 aliphatic carbocycles. The maximum Gasteiger partial charge on any atom is 0.123 e. The van der Waals surface area contributed by atoms with Gasteiger partial charge in [-0.1, -0.05) is 26.0 Å². The molecule has 2 N–H and O–H groups in total. The van der Waals surface area contributed by atoms with Gasteiger partial charge in [-0.25, -0.2) is 4.39 Å². The van der Waals surface area contributed by atoms with E-state index in [0.29, 0.717) is 12.6 Å². The fourth-order valence-corrected chi connectivity index (χ4v) is 2.78. The van der Waals surface area contributed by atoms with E-state index in [2.05, 4.69) is 32.6 Å². The smallest absolute Gasteiger partial charge is 0.123 e. The normalized spacial score (nSPS) is 16.4. The molecule has 2 nitrogen and oxygen atoms in total. The van der Waals surface area contributed by atoms with Gasteiger partial charge in [-0.2, -0.15) is 0 Å². The van der Waals surface area contributed by atoms with Crippen LogP contribution in [0.1, 0.15) is 39.7 Å². The van der Waals surface area contributed by atoms with Crippen LogP contribution in [0.5, 0.6) is 0 Å². The third kappa shape index (κ3) is 4.02. The first-order chi connectivity index (χ1) is 8.96. The summed E-state index contributed by atoms with van der Waals surface area (Å²) in [6, 6.07) is 7.25. The van der Waals surface area contributed by atoms with Crippen LogP contribution < -0.4 is 5.73 Å². The van der Waals surface area contributed by atoms with Crippen LogP contribution >= 0.6 is 0 Å². The van der Waals surface area contributed by atoms with Crippen molar-refractivity contribution in [2.75, 3.05) is 13.1 Å². The van der Waals surface area contributed by atoms with Crippen LogP contribution in [0, 0.1) is 5.82 Å². The minimum absolute atomic E-state index is 0.0813. The molecular formula is C16H27FN2. The zero-order valence-corrected chi connectivity index (χ0v) is 12.6. The van der Waals surface area contributed by atoms with Crippen LogP contribution in [-0.2, 0) is 6.42 Å². The van der Waals surface area contributed by atoms with E-state index in [-0.39, 0.29) is 11.4 Å². The number of likely N-dealkylation sites (N-methyl/N-ethyl adjacent to an activating group) is 1. The average molecular weight is 266 g/mol. The Morgan fingerprint density at radius 2 is 1.84 bits per heavy atom. The van der Waals surface area contributed by atoms with Gasteiger partial charge in [-0.3, -0.25) is 4.90 Å². The summed E-state index contributed by atoms with van der Waals surface area (Å²) >= 11 is 0. The van der Waals surface area contributed by atoms with Gasteiger partial charge in [-0.15, -0.1) is 0 Å². The maximum atomic E-state index is 13.0. The number of benzene rings is 1. The fourth-order valence-electron chi connectivity index (χ4n) is 2.78. The molecule has 0 amide bonds. The van der Waals surface area contributed by atoms with E-state index in [0.717, 1.165) is 24.9 Å². The van der Waals surface area contributed by atoms with E-state index >= 15 is 0 Å². The highest BCUT2D eigenvalue weighted by atomic mass is 19.1. The van der Waals surface area contributed by atoms with Crippen molar-refractivity contribution in [3.05, 3.63) is 35.6 Å². The molecule has 0 aliphatic heterocycles.